The number of hydrogen-bond acceptors (Lipinski definition) is 4. The van der Waals surface area contributed by atoms with Crippen LogP contribution in [0.5, 0.6) is 0 Å². The number of para-hydroxylation sites is 3. The summed E-state index contributed by atoms with van der Waals surface area (Å²) in [6.45, 7) is 0. The number of fused-ring (bicyclic) bond motifs is 10. The van der Waals surface area contributed by atoms with E-state index < -0.39 is 0 Å². The smallest absolute Gasteiger partial charge is 0.195 e. The highest BCUT2D eigenvalue weighted by Crippen LogP contribution is 2.37. The van der Waals surface area contributed by atoms with Crippen LogP contribution in [-0.4, -0.2) is 9.13 Å². The zero-order valence-electron chi connectivity index (χ0n) is 30.1. The first-order valence-electron chi connectivity index (χ1n) is 18.6. The molecule has 12 rings (SSSR count). The second kappa shape index (κ2) is 13.4. The standard InChI is InChI=1S/C37H22N2OS.C13H7BrOS/c40-37-28-12-4-8-16-35(28)41-36-20-18-24(22-30(36)37)39-33-15-7-3-11-27(33)29-21-23(17-19-34(29)39)38-31-13-5-1-9-25(31)26-10-2-6-14-32(26)38;14-8-5-6-12-10(7-8)13(15)9-3-1-2-4-11(9)16-12/h1-22H;1-7H. The normalized spacial score (nSPS) is 11.7. The van der Waals surface area contributed by atoms with E-state index >= 15 is 0 Å². The molecule has 57 heavy (non-hydrogen) atoms. The molecule has 0 amide bonds. The molecule has 0 saturated carbocycles. The summed E-state index contributed by atoms with van der Waals surface area (Å²) in [6, 6.07) is 60.3. The van der Waals surface area contributed by atoms with Crippen molar-refractivity contribution in [2.24, 2.45) is 0 Å². The third-order valence-electron chi connectivity index (χ3n) is 10.8. The summed E-state index contributed by atoms with van der Waals surface area (Å²) in [4.78, 5) is 25.7. The van der Waals surface area contributed by atoms with Crippen LogP contribution in [0.4, 0.5) is 0 Å². The molecule has 12 aromatic rings. The zero-order valence-corrected chi connectivity index (χ0v) is 33.4. The van der Waals surface area contributed by atoms with Crippen molar-refractivity contribution in [1.82, 2.24) is 9.13 Å². The minimum Gasteiger partial charge on any atom is -0.309 e. The topological polar surface area (TPSA) is 44.0 Å². The van der Waals surface area contributed by atoms with Gasteiger partial charge in [-0.3, -0.25) is 9.59 Å². The third kappa shape index (κ3) is 5.46. The van der Waals surface area contributed by atoms with Gasteiger partial charge in [-0.1, -0.05) is 94.8 Å². The molecule has 0 saturated heterocycles. The molecule has 270 valence electrons. The molecule has 0 bridgehead atoms. The van der Waals surface area contributed by atoms with Crippen LogP contribution in [-0.2, 0) is 0 Å². The predicted molar refractivity (Wildman–Crippen MR) is 248 cm³/mol. The lowest BCUT2D eigenvalue weighted by Gasteiger charge is -2.11. The van der Waals surface area contributed by atoms with Gasteiger partial charge in [0.2, 0.25) is 0 Å². The summed E-state index contributed by atoms with van der Waals surface area (Å²) in [5.74, 6) is 0. The van der Waals surface area contributed by atoms with Crippen molar-refractivity contribution in [1.29, 1.82) is 0 Å². The van der Waals surface area contributed by atoms with E-state index in [4.69, 9.17) is 0 Å². The average Bonchev–Trinajstić information content (AvgIpc) is 3.77. The first-order valence-corrected chi connectivity index (χ1v) is 21.0. The second-order valence-electron chi connectivity index (χ2n) is 14.1. The lowest BCUT2D eigenvalue weighted by molar-refractivity contribution is 1.17. The van der Waals surface area contributed by atoms with E-state index in [9.17, 15) is 9.59 Å². The van der Waals surface area contributed by atoms with Gasteiger partial charge in [-0.05, 0) is 97.1 Å². The number of aromatic nitrogens is 2. The summed E-state index contributed by atoms with van der Waals surface area (Å²) in [7, 11) is 0. The number of halogens is 1. The van der Waals surface area contributed by atoms with E-state index in [0.29, 0.717) is 0 Å². The summed E-state index contributed by atoms with van der Waals surface area (Å²) < 4.78 is 9.70. The Kier molecular flexibility index (Phi) is 7.96. The molecule has 0 N–H and O–H groups in total. The summed E-state index contributed by atoms with van der Waals surface area (Å²) >= 11 is 6.72. The van der Waals surface area contributed by atoms with Crippen LogP contribution < -0.4 is 10.9 Å². The molecule has 4 heterocycles. The van der Waals surface area contributed by atoms with Crippen LogP contribution in [0.25, 0.3) is 95.3 Å². The Balaban J connectivity index is 0.000000196. The molecule has 0 aliphatic rings. The molecule has 4 aromatic heterocycles. The summed E-state index contributed by atoms with van der Waals surface area (Å²) in [6.07, 6.45) is 0. The molecular formula is C50H29BrN2O2S2. The monoisotopic (exact) mass is 832 g/mol. The van der Waals surface area contributed by atoms with Crippen molar-refractivity contribution in [3.63, 3.8) is 0 Å². The molecule has 8 aromatic carbocycles. The van der Waals surface area contributed by atoms with E-state index in [-0.39, 0.29) is 10.9 Å². The number of hydrogen-bond donors (Lipinski definition) is 0. The fourth-order valence-electron chi connectivity index (χ4n) is 8.28. The van der Waals surface area contributed by atoms with Gasteiger partial charge in [-0.25, -0.2) is 0 Å². The lowest BCUT2D eigenvalue weighted by Crippen LogP contribution is -2.02. The molecular weight excluding hydrogens is 805 g/mol. The maximum absolute atomic E-state index is 13.5. The molecule has 0 radical (unpaired) electrons. The van der Waals surface area contributed by atoms with Gasteiger partial charge in [0, 0.05) is 77.7 Å². The Morgan fingerprint density at radius 1 is 0.333 bits per heavy atom. The minimum absolute atomic E-state index is 0.0885. The van der Waals surface area contributed by atoms with Crippen molar-refractivity contribution in [3.05, 3.63) is 201 Å². The molecule has 0 atom stereocenters. The second-order valence-corrected chi connectivity index (χ2v) is 17.2. The maximum Gasteiger partial charge on any atom is 0.195 e. The van der Waals surface area contributed by atoms with E-state index in [2.05, 4.69) is 134 Å². The fraction of sp³-hybridized carbons (Fsp3) is 0. The fourth-order valence-corrected chi connectivity index (χ4v) is 10.7. The lowest BCUT2D eigenvalue weighted by atomic mass is 10.1. The predicted octanol–water partition coefficient (Wildman–Crippen LogP) is 13.8. The van der Waals surface area contributed by atoms with Crippen molar-refractivity contribution >= 4 is 123 Å². The zero-order chi connectivity index (χ0) is 38.2. The van der Waals surface area contributed by atoms with Gasteiger partial charge in [0.15, 0.2) is 10.9 Å². The van der Waals surface area contributed by atoms with E-state index in [1.807, 2.05) is 66.7 Å². The van der Waals surface area contributed by atoms with Crippen molar-refractivity contribution in [2.45, 2.75) is 0 Å². The highest BCUT2D eigenvalue weighted by molar-refractivity contribution is 9.10. The Labute approximate surface area is 341 Å². The quantitative estimate of drug-likeness (QED) is 0.163. The Morgan fingerprint density at radius 2 is 0.702 bits per heavy atom. The van der Waals surface area contributed by atoms with Crippen LogP contribution >= 0.6 is 38.6 Å². The van der Waals surface area contributed by atoms with Crippen LogP contribution in [0, 0.1) is 0 Å². The first-order chi connectivity index (χ1) is 28.0. The third-order valence-corrected chi connectivity index (χ3v) is 13.6. The van der Waals surface area contributed by atoms with Gasteiger partial charge in [-0.2, -0.15) is 0 Å². The van der Waals surface area contributed by atoms with Gasteiger partial charge in [0.05, 0.1) is 22.1 Å². The van der Waals surface area contributed by atoms with Crippen LogP contribution in [0.1, 0.15) is 0 Å². The number of rotatable bonds is 2. The molecule has 0 unspecified atom stereocenters. The van der Waals surface area contributed by atoms with Gasteiger partial charge in [-0.15, -0.1) is 22.7 Å². The highest BCUT2D eigenvalue weighted by Gasteiger charge is 2.17. The van der Waals surface area contributed by atoms with Gasteiger partial charge in [0.1, 0.15) is 0 Å². The molecule has 0 aliphatic carbocycles. The maximum atomic E-state index is 13.5. The summed E-state index contributed by atoms with van der Waals surface area (Å²) in [5, 5.41) is 8.01. The number of benzene rings is 8. The van der Waals surface area contributed by atoms with Crippen molar-refractivity contribution in [3.8, 4) is 11.4 Å². The Bertz CT molecular complexity index is 3670. The van der Waals surface area contributed by atoms with Gasteiger partial charge in [0.25, 0.3) is 0 Å². The van der Waals surface area contributed by atoms with E-state index in [1.54, 1.807) is 22.7 Å². The van der Waals surface area contributed by atoms with Crippen molar-refractivity contribution in [2.75, 3.05) is 0 Å². The first kappa shape index (κ1) is 33.9. The molecule has 7 heteroatoms. The van der Waals surface area contributed by atoms with Gasteiger partial charge < -0.3 is 9.13 Å². The molecule has 4 nitrogen and oxygen atoms in total. The van der Waals surface area contributed by atoms with E-state index in [1.165, 1.54) is 32.6 Å². The molecule has 0 fully saturated rings. The molecule has 0 aliphatic heterocycles. The van der Waals surface area contributed by atoms with E-state index in [0.717, 1.165) is 67.2 Å². The minimum atomic E-state index is 0.0885. The van der Waals surface area contributed by atoms with Crippen LogP contribution in [0.15, 0.2) is 190 Å². The van der Waals surface area contributed by atoms with Crippen LogP contribution in [0.2, 0.25) is 0 Å². The SMILES string of the molecule is O=c1c2ccccc2sc2ccc(-n3c4ccccc4c4cc(-n5c6ccccc6c6ccccc65)ccc43)cc12.O=c1c2ccccc2sc2ccc(Br)cc12. The summed E-state index contributed by atoms with van der Waals surface area (Å²) in [5.41, 5.74) is 6.96. The average molecular weight is 834 g/mol. The number of nitrogens with zero attached hydrogens (tertiary/aromatic N) is 2. The highest BCUT2D eigenvalue weighted by atomic mass is 79.9. The Morgan fingerprint density at radius 3 is 1.25 bits per heavy atom. The van der Waals surface area contributed by atoms with Gasteiger partial charge >= 0.3 is 0 Å². The van der Waals surface area contributed by atoms with Crippen LogP contribution in [0.3, 0.4) is 0 Å². The Hall–Kier alpha value is -6.38. The molecule has 0 spiro atoms. The largest absolute Gasteiger partial charge is 0.309 e. The van der Waals surface area contributed by atoms with Crippen molar-refractivity contribution < 1.29 is 0 Å².